The van der Waals surface area contributed by atoms with Crippen LogP contribution in [0.4, 0.5) is 5.69 Å². The van der Waals surface area contributed by atoms with Crippen molar-refractivity contribution in [3.8, 4) is 0 Å². The van der Waals surface area contributed by atoms with E-state index in [9.17, 15) is 22.8 Å². The normalized spacial score (nSPS) is 12.3. The number of rotatable bonds is 9. The van der Waals surface area contributed by atoms with Gasteiger partial charge in [-0.05, 0) is 37.5 Å². The Bertz CT molecular complexity index is 1360. The molecule has 0 aliphatic rings. The number of aryl methyl sites for hydroxylation is 2. The molecule has 33 heavy (non-hydrogen) atoms. The fourth-order valence-electron chi connectivity index (χ4n) is 3.18. The van der Waals surface area contributed by atoms with Crippen LogP contribution in [0.1, 0.15) is 35.6 Å². The molecule has 5 N–H and O–H groups in total. The van der Waals surface area contributed by atoms with Crippen molar-refractivity contribution in [1.29, 1.82) is 0 Å². The summed E-state index contributed by atoms with van der Waals surface area (Å²) in [7, 11) is -4.38. The van der Waals surface area contributed by atoms with Gasteiger partial charge in [-0.3, -0.25) is 28.4 Å². The molecular weight excluding hydrogens is 452 g/mol. The van der Waals surface area contributed by atoms with Crippen LogP contribution in [0.15, 0.2) is 46.2 Å². The van der Waals surface area contributed by atoms with Crippen LogP contribution in [0.2, 0.25) is 0 Å². The summed E-state index contributed by atoms with van der Waals surface area (Å²) in [6.45, 7) is 3.18. The summed E-state index contributed by atoms with van der Waals surface area (Å²) in [5, 5.41) is 2.85. The van der Waals surface area contributed by atoms with E-state index in [0.717, 1.165) is 15.8 Å². The van der Waals surface area contributed by atoms with Crippen LogP contribution in [-0.2, 0) is 34.5 Å². The number of aromatic amines is 2. The SMILES string of the molecule is CCc1c[nH]c([C@H](Cc2ccc(NS(=O)(=O)O)cc2)NC(=O)Cn2cc(C)c(=O)[nH]c2=O)n1. The fourth-order valence-corrected chi connectivity index (χ4v) is 3.61. The predicted octanol–water partition coefficient (Wildman–Crippen LogP) is 0.445. The van der Waals surface area contributed by atoms with Gasteiger partial charge in [0.2, 0.25) is 5.91 Å². The molecule has 0 saturated heterocycles. The first-order valence-electron chi connectivity index (χ1n) is 10.0. The van der Waals surface area contributed by atoms with E-state index < -0.39 is 33.5 Å². The second-order valence-corrected chi connectivity index (χ2v) is 8.58. The van der Waals surface area contributed by atoms with Crippen LogP contribution < -0.4 is 21.3 Å². The van der Waals surface area contributed by atoms with Gasteiger partial charge in [-0.1, -0.05) is 19.1 Å². The molecule has 1 aromatic carbocycles. The standard InChI is InChI=1S/C20H24N6O6S/c1-3-14-9-21-18(22-14)16(8-13-4-6-15(7-5-13)25-33(30,31)32)23-17(27)11-26-10-12(2)19(28)24-20(26)29/h4-7,9-10,16,25H,3,8,11H2,1-2H3,(H,21,22)(H,23,27)(H,24,28,29)(H,30,31,32)/t16-/m0/s1. The summed E-state index contributed by atoms with van der Waals surface area (Å²) in [6.07, 6.45) is 4.06. The van der Waals surface area contributed by atoms with Crippen molar-refractivity contribution in [1.82, 2.24) is 24.8 Å². The molecular formula is C20H24N6O6S. The Morgan fingerprint density at radius 1 is 1.24 bits per heavy atom. The smallest absolute Gasteiger partial charge is 0.347 e. The second-order valence-electron chi connectivity index (χ2n) is 7.43. The molecule has 0 aliphatic heterocycles. The Morgan fingerprint density at radius 2 is 1.94 bits per heavy atom. The number of amides is 1. The summed E-state index contributed by atoms with van der Waals surface area (Å²) in [5.41, 5.74) is 0.851. The molecule has 12 nitrogen and oxygen atoms in total. The summed E-state index contributed by atoms with van der Waals surface area (Å²) >= 11 is 0. The second kappa shape index (κ2) is 9.83. The number of anilines is 1. The number of aromatic nitrogens is 4. The number of H-pyrrole nitrogens is 2. The lowest BCUT2D eigenvalue weighted by molar-refractivity contribution is -0.122. The third kappa shape index (κ3) is 6.63. The zero-order valence-corrected chi connectivity index (χ0v) is 18.8. The number of hydrogen-bond donors (Lipinski definition) is 5. The monoisotopic (exact) mass is 476 g/mol. The minimum absolute atomic E-state index is 0.181. The molecule has 1 atom stereocenters. The van der Waals surface area contributed by atoms with Gasteiger partial charge in [-0.25, -0.2) is 9.78 Å². The van der Waals surface area contributed by atoms with Crippen molar-refractivity contribution in [3.05, 3.63) is 80.1 Å². The molecule has 0 bridgehead atoms. The highest BCUT2D eigenvalue weighted by Gasteiger charge is 2.19. The van der Waals surface area contributed by atoms with Crippen molar-refractivity contribution >= 4 is 21.9 Å². The molecule has 3 rings (SSSR count). The molecule has 0 radical (unpaired) electrons. The van der Waals surface area contributed by atoms with E-state index in [1.165, 1.54) is 25.3 Å². The summed E-state index contributed by atoms with van der Waals surface area (Å²) < 4.78 is 33.9. The van der Waals surface area contributed by atoms with E-state index in [1.807, 2.05) is 11.6 Å². The topological polar surface area (TPSA) is 179 Å². The van der Waals surface area contributed by atoms with Crippen LogP contribution in [0.3, 0.4) is 0 Å². The van der Waals surface area contributed by atoms with Gasteiger partial charge in [0.25, 0.3) is 5.56 Å². The summed E-state index contributed by atoms with van der Waals surface area (Å²) in [4.78, 5) is 45.9. The number of benzene rings is 1. The summed E-state index contributed by atoms with van der Waals surface area (Å²) in [5.74, 6) is 0.0537. The summed E-state index contributed by atoms with van der Waals surface area (Å²) in [6, 6.07) is 5.67. The van der Waals surface area contributed by atoms with Crippen molar-refractivity contribution < 1.29 is 17.8 Å². The number of nitrogens with zero attached hydrogens (tertiary/aromatic N) is 2. The quantitative estimate of drug-likeness (QED) is 0.278. The minimum Gasteiger partial charge on any atom is -0.347 e. The number of imidazole rings is 1. The lowest BCUT2D eigenvalue weighted by Gasteiger charge is -2.18. The first-order chi connectivity index (χ1) is 15.5. The van der Waals surface area contributed by atoms with E-state index in [4.69, 9.17) is 4.55 Å². The van der Waals surface area contributed by atoms with Crippen LogP contribution in [-0.4, -0.2) is 38.4 Å². The largest absolute Gasteiger partial charge is 0.357 e. The average molecular weight is 477 g/mol. The molecule has 1 amide bonds. The van der Waals surface area contributed by atoms with Gasteiger partial charge in [0, 0.05) is 18.0 Å². The van der Waals surface area contributed by atoms with E-state index in [2.05, 4.69) is 20.3 Å². The molecule has 13 heteroatoms. The lowest BCUT2D eigenvalue weighted by Crippen LogP contribution is -2.38. The van der Waals surface area contributed by atoms with Crippen LogP contribution in [0.5, 0.6) is 0 Å². The Hall–Kier alpha value is -3.71. The van der Waals surface area contributed by atoms with Gasteiger partial charge in [0.1, 0.15) is 12.4 Å². The first kappa shape index (κ1) is 23.9. The highest BCUT2D eigenvalue weighted by Crippen LogP contribution is 2.19. The van der Waals surface area contributed by atoms with E-state index in [1.54, 1.807) is 18.3 Å². The Kier molecular flexibility index (Phi) is 7.13. The number of hydrogen-bond acceptors (Lipinski definition) is 6. The van der Waals surface area contributed by atoms with Gasteiger partial charge in [0.15, 0.2) is 0 Å². The average Bonchev–Trinajstić information content (AvgIpc) is 3.21. The molecule has 176 valence electrons. The fraction of sp³-hybridized carbons (Fsp3) is 0.300. The highest BCUT2D eigenvalue weighted by molar-refractivity contribution is 7.87. The molecule has 0 spiro atoms. The van der Waals surface area contributed by atoms with Crippen LogP contribution in [0, 0.1) is 6.92 Å². The number of carbonyl (C=O) groups excluding carboxylic acids is 1. The number of carbonyl (C=O) groups is 1. The third-order valence-corrected chi connectivity index (χ3v) is 5.32. The molecule has 0 saturated carbocycles. The van der Waals surface area contributed by atoms with Gasteiger partial charge >= 0.3 is 16.0 Å². The number of nitrogens with one attached hydrogen (secondary N) is 4. The van der Waals surface area contributed by atoms with Crippen molar-refractivity contribution in [2.75, 3.05) is 4.72 Å². The molecule has 0 aliphatic carbocycles. The highest BCUT2D eigenvalue weighted by atomic mass is 32.2. The van der Waals surface area contributed by atoms with Gasteiger partial charge in [-0.15, -0.1) is 0 Å². The zero-order valence-electron chi connectivity index (χ0n) is 18.0. The minimum atomic E-state index is -4.38. The Morgan fingerprint density at radius 3 is 2.55 bits per heavy atom. The van der Waals surface area contributed by atoms with Crippen molar-refractivity contribution in [2.24, 2.45) is 0 Å². The predicted molar refractivity (Wildman–Crippen MR) is 120 cm³/mol. The maximum Gasteiger partial charge on any atom is 0.357 e. The maximum absolute atomic E-state index is 12.7. The molecule has 0 fully saturated rings. The third-order valence-electron chi connectivity index (χ3n) is 4.82. The van der Waals surface area contributed by atoms with E-state index >= 15 is 0 Å². The van der Waals surface area contributed by atoms with Gasteiger partial charge in [0.05, 0.1) is 17.4 Å². The molecule has 2 heterocycles. The Labute approximate surface area is 189 Å². The van der Waals surface area contributed by atoms with E-state index in [0.29, 0.717) is 24.2 Å². The Balaban J connectivity index is 1.80. The first-order valence-corrected chi connectivity index (χ1v) is 11.5. The molecule has 3 aromatic rings. The zero-order chi connectivity index (χ0) is 24.2. The van der Waals surface area contributed by atoms with Crippen molar-refractivity contribution in [3.63, 3.8) is 0 Å². The lowest BCUT2D eigenvalue weighted by atomic mass is 10.0. The van der Waals surface area contributed by atoms with Crippen LogP contribution in [0.25, 0.3) is 0 Å². The van der Waals surface area contributed by atoms with Gasteiger partial charge in [-0.2, -0.15) is 8.42 Å². The molecule has 2 aromatic heterocycles. The van der Waals surface area contributed by atoms with Crippen molar-refractivity contribution in [2.45, 2.75) is 39.3 Å². The van der Waals surface area contributed by atoms with Gasteiger partial charge < -0.3 is 10.3 Å². The van der Waals surface area contributed by atoms with Crippen LogP contribution >= 0.6 is 0 Å². The maximum atomic E-state index is 12.7. The van der Waals surface area contributed by atoms with E-state index in [-0.39, 0.29) is 12.2 Å². The molecule has 0 unspecified atom stereocenters.